The molecule has 0 amide bonds. The summed E-state index contributed by atoms with van der Waals surface area (Å²) in [5.41, 5.74) is 11.9. The van der Waals surface area contributed by atoms with Crippen molar-refractivity contribution < 1.29 is 24.8 Å². The summed E-state index contributed by atoms with van der Waals surface area (Å²) in [6.45, 7) is 2.09. The van der Waals surface area contributed by atoms with E-state index >= 15 is 0 Å². The number of rotatable bonds is 15. The van der Waals surface area contributed by atoms with E-state index in [0.717, 1.165) is 0 Å². The Bertz CT molecular complexity index is 1750. The fourth-order valence-electron chi connectivity index (χ4n) is 4.29. The predicted molar refractivity (Wildman–Crippen MR) is 185 cm³/mol. The van der Waals surface area contributed by atoms with Gasteiger partial charge < -0.3 is 46.9 Å². The zero-order valence-electron chi connectivity index (χ0n) is 26.0. The summed E-state index contributed by atoms with van der Waals surface area (Å²) in [5, 5.41) is 52.7. The van der Waals surface area contributed by atoms with Crippen molar-refractivity contribution in [1.82, 2.24) is 30.4 Å². The monoisotopic (exact) mass is 742 g/mol. The van der Waals surface area contributed by atoms with Crippen LogP contribution in [0, 0.1) is 0 Å². The number of ether oxygens (including phenoxy) is 2. The average Bonchev–Trinajstić information content (AvgIpc) is 3.06. The van der Waals surface area contributed by atoms with E-state index in [0.29, 0.717) is 21.7 Å². The number of nitrogens with one attached hydrogen (secondary N) is 2. The molecule has 2 aromatic carbocycles. The number of hydrogen-bond donors (Lipinski definition) is 7. The van der Waals surface area contributed by atoms with E-state index in [1.54, 1.807) is 44.2 Å². The third-order valence-corrected chi connectivity index (χ3v) is 8.73. The van der Waals surface area contributed by atoms with Gasteiger partial charge in [0.05, 0.1) is 64.2 Å². The lowest BCUT2D eigenvalue weighted by Crippen LogP contribution is -2.44. The molecule has 2 atom stereocenters. The number of nitrogens with two attached hydrogens (primary N) is 2. The number of hydrogen-bond acceptors (Lipinski definition) is 15. The highest BCUT2D eigenvalue weighted by atomic mass is 35.5. The van der Waals surface area contributed by atoms with E-state index in [2.05, 4.69) is 41.0 Å². The van der Waals surface area contributed by atoms with Crippen molar-refractivity contribution in [2.75, 3.05) is 62.2 Å². The van der Waals surface area contributed by atoms with Gasteiger partial charge in [-0.15, -0.1) is 20.4 Å². The Morgan fingerprint density at radius 3 is 1.85 bits per heavy atom. The van der Waals surface area contributed by atoms with Gasteiger partial charge in [-0.25, -0.2) is 0 Å². The molecule has 0 aliphatic rings. The molecule has 0 spiro atoms. The Morgan fingerprint density at radius 2 is 1.31 bits per heavy atom. The molecule has 19 heteroatoms. The van der Waals surface area contributed by atoms with E-state index in [1.165, 1.54) is 7.11 Å². The quantitative estimate of drug-likeness (QED) is 0.0915. The third kappa shape index (κ3) is 8.61. The van der Waals surface area contributed by atoms with Gasteiger partial charge in [-0.3, -0.25) is 0 Å². The summed E-state index contributed by atoms with van der Waals surface area (Å²) in [4.78, 5) is 8.50. The second kappa shape index (κ2) is 15.9. The SMILES string of the molecule is COCC(OCC(C)(CO)Nc1nnc(-c2cccc(Cl)c2Cl)c(N)n1)c1cc(Cl)c(Cl)c(-c2nnc(NC(C)(CO)CO)nc2N)c1. The zero-order chi connectivity index (χ0) is 35.2. The highest BCUT2D eigenvalue weighted by molar-refractivity contribution is 6.44. The number of nitrogen functional groups attached to an aromatic ring is 2. The maximum atomic E-state index is 10.3. The van der Waals surface area contributed by atoms with Crippen molar-refractivity contribution in [3.63, 3.8) is 0 Å². The molecule has 0 radical (unpaired) electrons. The average molecular weight is 744 g/mol. The van der Waals surface area contributed by atoms with Crippen LogP contribution in [0.1, 0.15) is 25.5 Å². The normalized spacial score (nSPS) is 13.6. The van der Waals surface area contributed by atoms with E-state index < -0.39 is 37.0 Å². The van der Waals surface area contributed by atoms with Gasteiger partial charge in [0.1, 0.15) is 17.5 Å². The molecule has 0 saturated heterocycles. The highest BCUT2D eigenvalue weighted by Gasteiger charge is 2.29. The number of nitrogens with zero attached hydrogens (tertiary/aromatic N) is 6. The second-order valence-electron chi connectivity index (χ2n) is 11.3. The van der Waals surface area contributed by atoms with E-state index in [9.17, 15) is 15.3 Å². The van der Waals surface area contributed by atoms with Gasteiger partial charge in [0.2, 0.25) is 11.9 Å². The van der Waals surface area contributed by atoms with Crippen LogP contribution in [0.4, 0.5) is 23.5 Å². The van der Waals surface area contributed by atoms with Gasteiger partial charge in [-0.05, 0) is 37.6 Å². The molecule has 0 fully saturated rings. The van der Waals surface area contributed by atoms with Gasteiger partial charge in [0.25, 0.3) is 0 Å². The molecule has 0 saturated carbocycles. The summed E-state index contributed by atoms with van der Waals surface area (Å²) in [7, 11) is 1.50. The molecule has 9 N–H and O–H groups in total. The van der Waals surface area contributed by atoms with Gasteiger partial charge in [-0.2, -0.15) is 9.97 Å². The Kier molecular flexibility index (Phi) is 12.4. The van der Waals surface area contributed by atoms with Gasteiger partial charge in [-0.1, -0.05) is 58.5 Å². The number of benzene rings is 2. The van der Waals surface area contributed by atoms with Crippen LogP contribution >= 0.6 is 46.4 Å². The van der Waals surface area contributed by atoms with E-state index in [-0.39, 0.29) is 63.2 Å². The minimum atomic E-state index is -1.12. The highest BCUT2D eigenvalue weighted by Crippen LogP contribution is 2.39. The van der Waals surface area contributed by atoms with Gasteiger partial charge >= 0.3 is 0 Å². The first-order chi connectivity index (χ1) is 22.8. The topological polar surface area (TPSA) is 233 Å². The van der Waals surface area contributed by atoms with Crippen molar-refractivity contribution in [2.45, 2.75) is 31.0 Å². The first-order valence-electron chi connectivity index (χ1n) is 14.2. The summed E-state index contributed by atoms with van der Waals surface area (Å²) in [6, 6.07) is 8.29. The maximum Gasteiger partial charge on any atom is 0.245 e. The number of aromatic nitrogens is 6. The fourth-order valence-corrected chi connectivity index (χ4v) is 5.10. The lowest BCUT2D eigenvalue weighted by molar-refractivity contribution is -0.0265. The predicted octanol–water partition coefficient (Wildman–Crippen LogP) is 3.89. The van der Waals surface area contributed by atoms with Crippen LogP contribution in [0.3, 0.4) is 0 Å². The second-order valence-corrected chi connectivity index (χ2v) is 12.9. The molecular weight excluding hydrogens is 710 g/mol. The third-order valence-electron chi connectivity index (χ3n) is 7.11. The smallest absolute Gasteiger partial charge is 0.245 e. The van der Waals surface area contributed by atoms with Crippen molar-refractivity contribution in [3.8, 4) is 22.5 Å². The fraction of sp³-hybridized carbons (Fsp3) is 0.379. The number of methoxy groups -OCH3 is 1. The van der Waals surface area contributed by atoms with Crippen LogP contribution in [0.15, 0.2) is 30.3 Å². The molecular formula is C29H34Cl4N10O5. The zero-order valence-corrected chi connectivity index (χ0v) is 29.0. The van der Waals surface area contributed by atoms with Crippen LogP contribution in [-0.2, 0) is 9.47 Å². The molecule has 258 valence electrons. The molecule has 0 aliphatic heterocycles. The largest absolute Gasteiger partial charge is 0.394 e. The Morgan fingerprint density at radius 1 is 0.771 bits per heavy atom. The maximum absolute atomic E-state index is 10.3. The van der Waals surface area contributed by atoms with Crippen LogP contribution in [0.2, 0.25) is 20.1 Å². The van der Waals surface area contributed by atoms with Crippen LogP contribution in [-0.4, -0.2) is 96.9 Å². The van der Waals surface area contributed by atoms with Crippen LogP contribution < -0.4 is 22.1 Å². The molecule has 0 aliphatic carbocycles. The van der Waals surface area contributed by atoms with Crippen molar-refractivity contribution in [3.05, 3.63) is 56.0 Å². The van der Waals surface area contributed by atoms with Crippen molar-refractivity contribution in [1.29, 1.82) is 0 Å². The molecule has 4 rings (SSSR count). The molecule has 2 unspecified atom stereocenters. The van der Waals surface area contributed by atoms with E-state index in [1.807, 2.05) is 0 Å². The van der Waals surface area contributed by atoms with Crippen LogP contribution in [0.5, 0.6) is 0 Å². The van der Waals surface area contributed by atoms with Gasteiger partial charge in [0, 0.05) is 18.2 Å². The Hall–Kier alpha value is -3.38. The van der Waals surface area contributed by atoms with Crippen molar-refractivity contribution >= 4 is 69.9 Å². The Labute approximate surface area is 295 Å². The molecule has 2 aromatic heterocycles. The summed E-state index contributed by atoms with van der Waals surface area (Å²) in [6.07, 6.45) is -0.717. The molecule has 0 bridgehead atoms. The molecule has 4 aromatic rings. The number of aliphatic hydroxyl groups is 3. The summed E-state index contributed by atoms with van der Waals surface area (Å²) >= 11 is 25.5. The first kappa shape index (κ1) is 37.4. The number of halogens is 4. The minimum absolute atomic E-state index is 0.0135. The molecule has 2 heterocycles. The lowest BCUT2D eigenvalue weighted by atomic mass is 10.0. The van der Waals surface area contributed by atoms with E-state index in [4.69, 9.17) is 67.3 Å². The number of anilines is 4. The molecule has 15 nitrogen and oxygen atoms in total. The lowest BCUT2D eigenvalue weighted by Gasteiger charge is -2.31. The van der Waals surface area contributed by atoms with Crippen LogP contribution in [0.25, 0.3) is 22.5 Å². The summed E-state index contributed by atoms with van der Waals surface area (Å²) < 4.78 is 11.7. The number of aliphatic hydroxyl groups excluding tert-OH is 3. The molecule has 48 heavy (non-hydrogen) atoms. The standard InChI is InChI=1S/C29H34Cl4N10O5/c1-28(10-44,11-45)38-26-37-25(35)23(41-42-26)16-7-14(8-18(31)21(16)33)19(9-47-3)48-13-29(2,12-46)39-27-36-24(34)22(40-43-27)15-5-4-6-17(30)20(15)32/h4-8,19,44-46H,9-13H2,1-3H3,(H3,34,36,39,43)(H3,35,37,38,42). The first-order valence-corrected chi connectivity index (χ1v) is 15.7. The minimum Gasteiger partial charge on any atom is -0.394 e. The Balaban J connectivity index is 1.56. The van der Waals surface area contributed by atoms with Gasteiger partial charge in [0.15, 0.2) is 11.6 Å². The summed E-state index contributed by atoms with van der Waals surface area (Å²) in [5.74, 6) is 0.0153. The van der Waals surface area contributed by atoms with Crippen molar-refractivity contribution in [2.24, 2.45) is 0 Å².